The quantitative estimate of drug-likeness (QED) is 0.696. The van der Waals surface area contributed by atoms with Gasteiger partial charge in [-0.05, 0) is 28.8 Å². The summed E-state index contributed by atoms with van der Waals surface area (Å²) in [6, 6.07) is 28.9. The number of nitriles is 1. The van der Waals surface area contributed by atoms with Gasteiger partial charge in [-0.2, -0.15) is 5.26 Å². The van der Waals surface area contributed by atoms with E-state index in [-0.39, 0.29) is 18.6 Å². The maximum absolute atomic E-state index is 12.2. The van der Waals surface area contributed by atoms with Gasteiger partial charge >= 0.3 is 0 Å². The van der Waals surface area contributed by atoms with Gasteiger partial charge in [-0.1, -0.05) is 72.8 Å². The second-order valence-corrected chi connectivity index (χ2v) is 6.10. The van der Waals surface area contributed by atoms with Gasteiger partial charge in [0.15, 0.2) is 0 Å². The van der Waals surface area contributed by atoms with Crippen LogP contribution in [0.2, 0.25) is 0 Å². The van der Waals surface area contributed by atoms with Crippen molar-refractivity contribution >= 4 is 5.91 Å². The van der Waals surface area contributed by atoms with Crippen LogP contribution in [0.4, 0.5) is 0 Å². The molecule has 0 bridgehead atoms. The maximum atomic E-state index is 12.2. The lowest BCUT2D eigenvalue weighted by atomic mass is 10.0. The number of benzene rings is 3. The summed E-state index contributed by atoms with van der Waals surface area (Å²) in [5.74, 6) is -0.184. The molecule has 134 valence electrons. The fraction of sp³-hybridized carbons (Fsp3) is 0.130. The summed E-state index contributed by atoms with van der Waals surface area (Å²) in [6.07, 6.45) is -0.298. The number of nitrogens with zero attached hydrogens (tertiary/aromatic N) is 1. The zero-order valence-electron chi connectivity index (χ0n) is 14.8. The molecule has 0 aromatic heterocycles. The third kappa shape index (κ3) is 5.27. The topological polar surface area (TPSA) is 62.1 Å². The molecule has 0 spiro atoms. The van der Waals surface area contributed by atoms with Crippen molar-refractivity contribution in [1.82, 2.24) is 5.32 Å². The number of hydrogen-bond acceptors (Lipinski definition) is 3. The minimum Gasteiger partial charge on any atom is -0.359 e. The molecule has 0 saturated heterocycles. The third-order valence-corrected chi connectivity index (χ3v) is 4.16. The average Bonchev–Trinajstić information content (AvgIpc) is 2.74. The van der Waals surface area contributed by atoms with Crippen molar-refractivity contribution in [3.8, 4) is 6.07 Å². The largest absolute Gasteiger partial charge is 0.359 e. The number of hydrogen-bond donors (Lipinski definition) is 1. The molecule has 0 heterocycles. The van der Waals surface area contributed by atoms with Crippen LogP contribution in [0.3, 0.4) is 0 Å². The fourth-order valence-corrected chi connectivity index (χ4v) is 2.75. The molecule has 0 unspecified atom stereocenters. The van der Waals surface area contributed by atoms with Crippen LogP contribution < -0.4 is 5.32 Å². The standard InChI is InChI=1S/C23H20N2O2/c24-15-18-11-13-19(14-12-18)16-25-22(26)17-27-23(20-7-3-1-4-8-20)21-9-5-2-6-10-21/h1-14,23H,16-17H2,(H,25,26). The van der Waals surface area contributed by atoms with Crippen molar-refractivity contribution in [1.29, 1.82) is 5.26 Å². The molecule has 3 aromatic rings. The molecule has 4 nitrogen and oxygen atoms in total. The summed E-state index contributed by atoms with van der Waals surface area (Å²) in [4.78, 5) is 12.2. The summed E-state index contributed by atoms with van der Waals surface area (Å²) in [6.45, 7) is 0.361. The summed E-state index contributed by atoms with van der Waals surface area (Å²) in [7, 11) is 0. The Morgan fingerprint density at radius 1 is 0.889 bits per heavy atom. The van der Waals surface area contributed by atoms with Crippen molar-refractivity contribution < 1.29 is 9.53 Å². The summed E-state index contributed by atoms with van der Waals surface area (Å²) < 4.78 is 5.95. The van der Waals surface area contributed by atoms with E-state index in [1.54, 1.807) is 12.1 Å². The Labute approximate surface area is 159 Å². The monoisotopic (exact) mass is 356 g/mol. The first-order valence-electron chi connectivity index (χ1n) is 8.73. The lowest BCUT2D eigenvalue weighted by molar-refractivity contribution is -0.127. The van der Waals surface area contributed by atoms with Gasteiger partial charge in [0.05, 0.1) is 11.6 Å². The van der Waals surface area contributed by atoms with E-state index >= 15 is 0 Å². The third-order valence-electron chi connectivity index (χ3n) is 4.16. The van der Waals surface area contributed by atoms with E-state index in [2.05, 4.69) is 11.4 Å². The Morgan fingerprint density at radius 3 is 1.96 bits per heavy atom. The maximum Gasteiger partial charge on any atom is 0.246 e. The minimum atomic E-state index is -0.298. The van der Waals surface area contributed by atoms with Gasteiger partial charge in [0.25, 0.3) is 0 Å². The zero-order chi connectivity index (χ0) is 18.9. The number of nitrogens with one attached hydrogen (secondary N) is 1. The second-order valence-electron chi connectivity index (χ2n) is 6.10. The molecule has 3 rings (SSSR count). The minimum absolute atomic E-state index is 0.0370. The van der Waals surface area contributed by atoms with Crippen LogP contribution in [-0.4, -0.2) is 12.5 Å². The van der Waals surface area contributed by atoms with Gasteiger partial charge in [-0.25, -0.2) is 0 Å². The molecule has 3 aromatic carbocycles. The SMILES string of the molecule is N#Cc1ccc(CNC(=O)COC(c2ccccc2)c2ccccc2)cc1. The Morgan fingerprint density at radius 2 is 1.44 bits per heavy atom. The molecule has 0 saturated carbocycles. The van der Waals surface area contributed by atoms with E-state index in [4.69, 9.17) is 10.00 Å². The van der Waals surface area contributed by atoms with Gasteiger partial charge < -0.3 is 10.1 Å². The number of carbonyl (C=O) groups is 1. The van der Waals surface area contributed by atoms with E-state index in [9.17, 15) is 4.79 Å². The average molecular weight is 356 g/mol. The highest BCUT2D eigenvalue weighted by Gasteiger charge is 2.16. The van der Waals surface area contributed by atoms with E-state index in [1.165, 1.54) is 0 Å². The van der Waals surface area contributed by atoms with Gasteiger partial charge in [-0.15, -0.1) is 0 Å². The van der Waals surface area contributed by atoms with Crippen molar-refractivity contribution in [3.63, 3.8) is 0 Å². The summed E-state index contributed by atoms with van der Waals surface area (Å²) >= 11 is 0. The lowest BCUT2D eigenvalue weighted by Crippen LogP contribution is -2.28. The fourth-order valence-electron chi connectivity index (χ4n) is 2.75. The summed E-state index contributed by atoms with van der Waals surface area (Å²) in [5, 5.41) is 11.7. The van der Waals surface area contributed by atoms with Crippen LogP contribution in [0.15, 0.2) is 84.9 Å². The Bertz CT molecular complexity index is 861. The first-order chi connectivity index (χ1) is 13.3. The molecule has 1 N–H and O–H groups in total. The Balaban J connectivity index is 1.59. The molecule has 1 amide bonds. The van der Waals surface area contributed by atoms with Crippen molar-refractivity contribution in [2.45, 2.75) is 12.6 Å². The van der Waals surface area contributed by atoms with E-state index in [1.807, 2.05) is 72.8 Å². The molecule has 0 atom stereocenters. The molecule has 0 fully saturated rings. The zero-order valence-corrected chi connectivity index (χ0v) is 14.8. The van der Waals surface area contributed by atoms with Crippen LogP contribution in [0.25, 0.3) is 0 Å². The van der Waals surface area contributed by atoms with Gasteiger partial charge in [0.2, 0.25) is 5.91 Å². The Hall–Kier alpha value is -3.42. The molecular formula is C23H20N2O2. The van der Waals surface area contributed by atoms with Crippen LogP contribution in [0.5, 0.6) is 0 Å². The summed E-state index contributed by atoms with van der Waals surface area (Å²) in [5.41, 5.74) is 3.54. The van der Waals surface area contributed by atoms with Crippen molar-refractivity contribution in [2.24, 2.45) is 0 Å². The lowest BCUT2D eigenvalue weighted by Gasteiger charge is -2.19. The molecule has 27 heavy (non-hydrogen) atoms. The van der Waals surface area contributed by atoms with Crippen molar-refractivity contribution in [3.05, 3.63) is 107 Å². The van der Waals surface area contributed by atoms with Crippen LogP contribution in [0.1, 0.15) is 28.4 Å². The van der Waals surface area contributed by atoms with Crippen LogP contribution in [-0.2, 0) is 16.1 Å². The number of ether oxygens (including phenoxy) is 1. The highest BCUT2D eigenvalue weighted by atomic mass is 16.5. The second kappa shape index (κ2) is 9.33. The number of amides is 1. The first-order valence-corrected chi connectivity index (χ1v) is 8.73. The molecule has 0 aliphatic heterocycles. The van der Waals surface area contributed by atoms with E-state index < -0.39 is 0 Å². The van der Waals surface area contributed by atoms with Gasteiger partial charge in [0, 0.05) is 6.54 Å². The van der Waals surface area contributed by atoms with Crippen LogP contribution in [0, 0.1) is 11.3 Å². The first kappa shape index (κ1) is 18.4. The molecule has 4 heteroatoms. The Kier molecular flexibility index (Phi) is 6.35. The number of carbonyl (C=O) groups excluding carboxylic acids is 1. The molecule has 0 aliphatic rings. The number of rotatable bonds is 7. The molecule has 0 radical (unpaired) electrons. The van der Waals surface area contributed by atoms with E-state index in [0.29, 0.717) is 12.1 Å². The van der Waals surface area contributed by atoms with Crippen LogP contribution >= 0.6 is 0 Å². The smallest absolute Gasteiger partial charge is 0.246 e. The van der Waals surface area contributed by atoms with Crippen molar-refractivity contribution in [2.75, 3.05) is 6.61 Å². The normalized spacial score (nSPS) is 10.4. The van der Waals surface area contributed by atoms with Gasteiger partial charge in [-0.3, -0.25) is 4.79 Å². The van der Waals surface area contributed by atoms with E-state index in [0.717, 1.165) is 16.7 Å². The molecule has 0 aliphatic carbocycles. The highest BCUT2D eigenvalue weighted by molar-refractivity contribution is 5.77. The predicted molar refractivity (Wildman–Crippen MR) is 104 cm³/mol. The highest BCUT2D eigenvalue weighted by Crippen LogP contribution is 2.25. The molecular weight excluding hydrogens is 336 g/mol. The predicted octanol–water partition coefficient (Wildman–Crippen LogP) is 3.98. The van der Waals surface area contributed by atoms with Gasteiger partial charge in [0.1, 0.15) is 12.7 Å².